The SMILES string of the molecule is O=C(O)c1ccc(C(F)(F)F)nc1Sc1cccc(Cl)c1. The van der Waals surface area contributed by atoms with Crippen LogP contribution in [0.2, 0.25) is 5.02 Å². The lowest BCUT2D eigenvalue weighted by Gasteiger charge is -2.10. The maximum absolute atomic E-state index is 12.7. The highest BCUT2D eigenvalue weighted by atomic mass is 35.5. The van der Waals surface area contributed by atoms with Gasteiger partial charge in [0.1, 0.15) is 10.7 Å². The molecule has 0 radical (unpaired) electrons. The second kappa shape index (κ2) is 5.95. The second-order valence-corrected chi connectivity index (χ2v) is 5.41. The van der Waals surface area contributed by atoms with Crippen molar-refractivity contribution in [2.75, 3.05) is 0 Å². The summed E-state index contributed by atoms with van der Waals surface area (Å²) in [6, 6.07) is 7.86. The van der Waals surface area contributed by atoms with Crippen LogP contribution in [0.4, 0.5) is 13.2 Å². The van der Waals surface area contributed by atoms with Crippen LogP contribution < -0.4 is 0 Å². The summed E-state index contributed by atoms with van der Waals surface area (Å²) in [5.74, 6) is -1.35. The second-order valence-electron chi connectivity index (χ2n) is 3.91. The van der Waals surface area contributed by atoms with Gasteiger partial charge in [0.2, 0.25) is 0 Å². The molecule has 21 heavy (non-hydrogen) atoms. The summed E-state index contributed by atoms with van der Waals surface area (Å²) in [5.41, 5.74) is -1.44. The lowest BCUT2D eigenvalue weighted by molar-refractivity contribution is -0.141. The summed E-state index contributed by atoms with van der Waals surface area (Å²) in [5, 5.41) is 9.19. The van der Waals surface area contributed by atoms with E-state index < -0.39 is 17.8 Å². The number of carboxylic acid groups (broad SMARTS) is 1. The molecule has 110 valence electrons. The molecule has 1 aromatic carbocycles. The molecular weight excluding hydrogens is 327 g/mol. The standard InChI is InChI=1S/C13H7ClF3NO2S/c14-7-2-1-3-8(6-7)21-11-9(12(19)20)4-5-10(18-11)13(15,16)17/h1-6H,(H,19,20). The predicted molar refractivity (Wildman–Crippen MR) is 71.8 cm³/mol. The minimum absolute atomic E-state index is 0.236. The Bertz CT molecular complexity index is 691. The van der Waals surface area contributed by atoms with Crippen LogP contribution in [-0.4, -0.2) is 16.1 Å². The lowest BCUT2D eigenvalue weighted by atomic mass is 10.2. The van der Waals surface area contributed by atoms with E-state index >= 15 is 0 Å². The molecule has 2 aromatic rings. The zero-order chi connectivity index (χ0) is 15.6. The molecule has 0 bridgehead atoms. The maximum atomic E-state index is 12.7. The fraction of sp³-hybridized carbons (Fsp3) is 0.0769. The first-order chi connectivity index (χ1) is 9.77. The van der Waals surface area contributed by atoms with Crippen molar-refractivity contribution >= 4 is 29.3 Å². The topological polar surface area (TPSA) is 50.2 Å². The Balaban J connectivity index is 2.46. The number of benzene rings is 1. The zero-order valence-corrected chi connectivity index (χ0v) is 11.8. The van der Waals surface area contributed by atoms with Gasteiger partial charge in [-0.2, -0.15) is 13.2 Å². The Labute approximate surface area is 126 Å². The molecule has 0 aliphatic rings. The number of nitrogens with zero attached hydrogens (tertiary/aromatic N) is 1. The van der Waals surface area contributed by atoms with E-state index in [1.54, 1.807) is 18.2 Å². The van der Waals surface area contributed by atoms with Gasteiger partial charge in [-0.05, 0) is 30.3 Å². The molecule has 2 rings (SSSR count). The summed E-state index contributed by atoms with van der Waals surface area (Å²) < 4.78 is 38.0. The summed E-state index contributed by atoms with van der Waals surface area (Å²) in [4.78, 5) is 15.0. The molecule has 0 unspecified atom stereocenters. The maximum Gasteiger partial charge on any atom is 0.433 e. The minimum Gasteiger partial charge on any atom is -0.478 e. The zero-order valence-electron chi connectivity index (χ0n) is 10.2. The van der Waals surface area contributed by atoms with Crippen LogP contribution in [0.25, 0.3) is 0 Å². The highest BCUT2D eigenvalue weighted by Crippen LogP contribution is 2.34. The van der Waals surface area contributed by atoms with Gasteiger partial charge in [-0.3, -0.25) is 0 Å². The van der Waals surface area contributed by atoms with Crippen molar-refractivity contribution in [1.29, 1.82) is 0 Å². The van der Waals surface area contributed by atoms with Gasteiger partial charge in [-0.15, -0.1) is 0 Å². The molecule has 3 nitrogen and oxygen atoms in total. The van der Waals surface area contributed by atoms with E-state index in [4.69, 9.17) is 16.7 Å². The van der Waals surface area contributed by atoms with E-state index in [-0.39, 0.29) is 10.6 Å². The first-order valence-electron chi connectivity index (χ1n) is 5.52. The van der Waals surface area contributed by atoms with Crippen LogP contribution >= 0.6 is 23.4 Å². The summed E-state index contributed by atoms with van der Waals surface area (Å²) in [6.45, 7) is 0. The molecule has 0 saturated carbocycles. The fourth-order valence-electron chi connectivity index (χ4n) is 1.48. The molecule has 0 fully saturated rings. The number of carboxylic acids is 1. The molecule has 0 atom stereocenters. The van der Waals surface area contributed by atoms with Crippen molar-refractivity contribution in [3.63, 3.8) is 0 Å². The molecule has 0 spiro atoms. The van der Waals surface area contributed by atoms with Crippen molar-refractivity contribution < 1.29 is 23.1 Å². The van der Waals surface area contributed by atoms with Crippen LogP contribution in [0, 0.1) is 0 Å². The third kappa shape index (κ3) is 3.89. The molecule has 1 N–H and O–H groups in total. The number of hydrogen-bond donors (Lipinski definition) is 1. The Kier molecular flexibility index (Phi) is 4.43. The van der Waals surface area contributed by atoms with Gasteiger partial charge in [0, 0.05) is 9.92 Å². The number of aromatic nitrogens is 1. The van der Waals surface area contributed by atoms with Crippen LogP contribution in [0.3, 0.4) is 0 Å². The first-order valence-corrected chi connectivity index (χ1v) is 6.72. The van der Waals surface area contributed by atoms with Crippen molar-refractivity contribution in [2.45, 2.75) is 16.1 Å². The molecule has 0 aliphatic heterocycles. The van der Waals surface area contributed by atoms with Gasteiger partial charge >= 0.3 is 12.1 Å². The van der Waals surface area contributed by atoms with Crippen molar-refractivity contribution in [3.05, 3.63) is 52.7 Å². The summed E-state index contributed by atoms with van der Waals surface area (Å²) in [6.07, 6.45) is -4.64. The fourth-order valence-corrected chi connectivity index (χ4v) is 2.70. The number of carbonyl (C=O) groups is 1. The molecule has 0 saturated heterocycles. The van der Waals surface area contributed by atoms with Crippen LogP contribution in [0.5, 0.6) is 0 Å². The Hall–Kier alpha value is -1.73. The molecular formula is C13H7ClF3NO2S. The van der Waals surface area contributed by atoms with E-state index in [2.05, 4.69) is 4.98 Å². The third-order valence-electron chi connectivity index (χ3n) is 2.39. The largest absolute Gasteiger partial charge is 0.478 e. The van der Waals surface area contributed by atoms with Crippen LogP contribution in [-0.2, 0) is 6.18 Å². The minimum atomic E-state index is -4.64. The van der Waals surface area contributed by atoms with E-state index in [1.165, 1.54) is 6.07 Å². The van der Waals surface area contributed by atoms with Crippen LogP contribution in [0.1, 0.15) is 16.1 Å². The van der Waals surface area contributed by atoms with E-state index in [9.17, 15) is 18.0 Å². The highest BCUT2D eigenvalue weighted by molar-refractivity contribution is 7.99. The molecule has 8 heteroatoms. The smallest absolute Gasteiger partial charge is 0.433 e. The predicted octanol–water partition coefficient (Wildman–Crippen LogP) is 4.60. The number of rotatable bonds is 3. The van der Waals surface area contributed by atoms with E-state index in [1.807, 2.05) is 0 Å². The van der Waals surface area contributed by atoms with Gasteiger partial charge in [-0.1, -0.05) is 29.4 Å². The number of hydrogen-bond acceptors (Lipinski definition) is 3. The van der Waals surface area contributed by atoms with Crippen molar-refractivity contribution in [1.82, 2.24) is 4.98 Å². The van der Waals surface area contributed by atoms with Gasteiger partial charge in [0.05, 0.1) is 5.56 Å². The number of alkyl halides is 3. The summed E-state index contributed by atoms with van der Waals surface area (Å²) in [7, 11) is 0. The van der Waals surface area contributed by atoms with Gasteiger partial charge < -0.3 is 5.11 Å². The average Bonchev–Trinajstić information content (AvgIpc) is 2.37. The number of halogens is 4. The molecule has 1 heterocycles. The van der Waals surface area contributed by atoms with Gasteiger partial charge in [-0.25, -0.2) is 9.78 Å². The highest BCUT2D eigenvalue weighted by Gasteiger charge is 2.33. The molecule has 0 aliphatic carbocycles. The van der Waals surface area contributed by atoms with Crippen molar-refractivity contribution in [2.24, 2.45) is 0 Å². The van der Waals surface area contributed by atoms with Gasteiger partial charge in [0.15, 0.2) is 0 Å². The third-order valence-corrected chi connectivity index (χ3v) is 3.62. The average molecular weight is 334 g/mol. The number of aromatic carboxylic acids is 1. The van der Waals surface area contributed by atoms with Gasteiger partial charge in [0.25, 0.3) is 0 Å². The molecule has 0 amide bonds. The van der Waals surface area contributed by atoms with E-state index in [0.29, 0.717) is 16.0 Å². The van der Waals surface area contributed by atoms with Crippen molar-refractivity contribution in [3.8, 4) is 0 Å². The Morgan fingerprint density at radius 1 is 1.24 bits per heavy atom. The normalized spacial score (nSPS) is 11.4. The first kappa shape index (κ1) is 15.7. The monoisotopic (exact) mass is 333 g/mol. The Morgan fingerprint density at radius 2 is 1.95 bits per heavy atom. The van der Waals surface area contributed by atoms with Crippen LogP contribution in [0.15, 0.2) is 46.3 Å². The number of pyridine rings is 1. The Morgan fingerprint density at radius 3 is 2.52 bits per heavy atom. The molecule has 1 aromatic heterocycles. The lowest BCUT2D eigenvalue weighted by Crippen LogP contribution is -2.11. The quantitative estimate of drug-likeness (QED) is 0.891. The summed E-state index contributed by atoms with van der Waals surface area (Å²) >= 11 is 6.60. The van der Waals surface area contributed by atoms with E-state index in [0.717, 1.165) is 17.8 Å².